The Kier molecular flexibility index (Phi) is 4.96. The summed E-state index contributed by atoms with van der Waals surface area (Å²) in [6, 6.07) is 6.53. The van der Waals surface area contributed by atoms with Gasteiger partial charge >= 0.3 is 0 Å². The second-order valence-corrected chi connectivity index (χ2v) is 5.35. The zero-order valence-electron chi connectivity index (χ0n) is 13.0. The van der Waals surface area contributed by atoms with Crippen LogP contribution in [0, 0.1) is 13.8 Å². The van der Waals surface area contributed by atoms with Crippen LogP contribution in [0.2, 0.25) is 0 Å². The van der Waals surface area contributed by atoms with E-state index in [1.807, 2.05) is 6.20 Å². The Balaban J connectivity index is 2.34. The molecule has 2 aromatic rings. The normalized spacial score (nSPS) is 11.0. The molecule has 0 atom stereocenters. The number of hydrogen-bond donors (Lipinski definition) is 1. The number of benzene rings is 1. The van der Waals surface area contributed by atoms with E-state index < -0.39 is 0 Å². The fraction of sp³-hybridized carbons (Fsp3) is 0.471. The molecule has 1 heterocycles. The average molecular weight is 271 g/mol. The van der Waals surface area contributed by atoms with E-state index in [-0.39, 0.29) is 0 Å². The molecule has 0 radical (unpaired) electrons. The summed E-state index contributed by atoms with van der Waals surface area (Å²) in [5, 5.41) is 8.08. The first-order valence-electron chi connectivity index (χ1n) is 7.51. The Bertz CT molecular complexity index is 570. The van der Waals surface area contributed by atoms with Gasteiger partial charge in [0.2, 0.25) is 0 Å². The predicted octanol–water partition coefficient (Wildman–Crippen LogP) is 3.55. The molecule has 0 aliphatic rings. The molecule has 3 nitrogen and oxygen atoms in total. The first kappa shape index (κ1) is 14.8. The van der Waals surface area contributed by atoms with Crippen molar-refractivity contribution in [1.29, 1.82) is 0 Å². The Morgan fingerprint density at radius 1 is 1.20 bits per heavy atom. The third kappa shape index (κ3) is 3.10. The van der Waals surface area contributed by atoms with Crippen LogP contribution in [-0.4, -0.2) is 16.3 Å². The number of aryl methyl sites for hydroxylation is 2. The van der Waals surface area contributed by atoms with Crippen molar-refractivity contribution in [3.63, 3.8) is 0 Å². The van der Waals surface area contributed by atoms with Crippen molar-refractivity contribution < 1.29 is 0 Å². The topological polar surface area (TPSA) is 29.9 Å². The number of nitrogens with zero attached hydrogens (tertiary/aromatic N) is 2. The summed E-state index contributed by atoms with van der Waals surface area (Å²) in [6.07, 6.45) is 4.16. The standard InChI is InChI=1S/C17H25N3/c1-5-9-18-11-15-12-19-20(16(15)6-2)17-10-13(3)7-8-14(17)4/h7-8,10,12,18H,5-6,9,11H2,1-4H3. The maximum Gasteiger partial charge on any atom is 0.0680 e. The van der Waals surface area contributed by atoms with Gasteiger partial charge in [-0.1, -0.05) is 26.0 Å². The van der Waals surface area contributed by atoms with Crippen LogP contribution in [0.5, 0.6) is 0 Å². The molecule has 0 bridgehead atoms. The summed E-state index contributed by atoms with van der Waals surface area (Å²) >= 11 is 0. The molecular weight excluding hydrogens is 246 g/mol. The first-order valence-corrected chi connectivity index (χ1v) is 7.51. The molecule has 0 amide bonds. The molecule has 20 heavy (non-hydrogen) atoms. The molecule has 2 rings (SSSR count). The summed E-state index contributed by atoms with van der Waals surface area (Å²) in [4.78, 5) is 0. The van der Waals surface area contributed by atoms with Crippen LogP contribution in [-0.2, 0) is 13.0 Å². The lowest BCUT2D eigenvalue weighted by molar-refractivity contribution is 0.669. The van der Waals surface area contributed by atoms with Gasteiger partial charge in [0.05, 0.1) is 11.9 Å². The van der Waals surface area contributed by atoms with Crippen molar-refractivity contribution in [2.45, 2.75) is 47.1 Å². The van der Waals surface area contributed by atoms with Crippen LogP contribution in [0.25, 0.3) is 5.69 Å². The van der Waals surface area contributed by atoms with Crippen molar-refractivity contribution in [2.75, 3.05) is 6.54 Å². The van der Waals surface area contributed by atoms with Gasteiger partial charge in [-0.2, -0.15) is 5.10 Å². The summed E-state index contributed by atoms with van der Waals surface area (Å²) < 4.78 is 2.10. The van der Waals surface area contributed by atoms with Crippen molar-refractivity contribution in [1.82, 2.24) is 15.1 Å². The van der Waals surface area contributed by atoms with Crippen molar-refractivity contribution in [3.8, 4) is 5.69 Å². The van der Waals surface area contributed by atoms with E-state index in [0.29, 0.717) is 0 Å². The molecule has 0 saturated carbocycles. The zero-order chi connectivity index (χ0) is 14.5. The zero-order valence-corrected chi connectivity index (χ0v) is 13.0. The molecule has 1 aromatic heterocycles. The minimum Gasteiger partial charge on any atom is -0.313 e. The van der Waals surface area contributed by atoms with E-state index in [1.165, 1.54) is 28.1 Å². The molecule has 0 unspecified atom stereocenters. The third-order valence-electron chi connectivity index (χ3n) is 3.63. The molecule has 0 spiro atoms. The fourth-order valence-electron chi connectivity index (χ4n) is 2.49. The SMILES string of the molecule is CCCNCc1cnn(-c2cc(C)ccc2C)c1CC. The Hall–Kier alpha value is -1.61. The number of aromatic nitrogens is 2. The van der Waals surface area contributed by atoms with Gasteiger partial charge in [0.15, 0.2) is 0 Å². The maximum atomic E-state index is 4.61. The largest absolute Gasteiger partial charge is 0.313 e. The highest BCUT2D eigenvalue weighted by molar-refractivity contribution is 5.44. The van der Waals surface area contributed by atoms with E-state index in [0.717, 1.165) is 25.9 Å². The van der Waals surface area contributed by atoms with Crippen LogP contribution >= 0.6 is 0 Å². The summed E-state index contributed by atoms with van der Waals surface area (Å²) in [6.45, 7) is 10.6. The highest BCUT2D eigenvalue weighted by Crippen LogP contribution is 2.20. The van der Waals surface area contributed by atoms with Crippen molar-refractivity contribution >= 4 is 0 Å². The first-order chi connectivity index (χ1) is 9.67. The highest BCUT2D eigenvalue weighted by Gasteiger charge is 2.12. The molecular formula is C17H25N3. The van der Waals surface area contributed by atoms with Gasteiger partial charge < -0.3 is 5.32 Å². The van der Waals surface area contributed by atoms with Gasteiger partial charge in [-0.25, -0.2) is 4.68 Å². The molecule has 0 aliphatic heterocycles. The Labute approximate surface area is 122 Å². The Morgan fingerprint density at radius 2 is 2.00 bits per heavy atom. The van der Waals surface area contributed by atoms with Gasteiger partial charge in [0.1, 0.15) is 0 Å². The molecule has 3 heteroatoms. The number of hydrogen-bond acceptors (Lipinski definition) is 2. The van der Waals surface area contributed by atoms with Crippen molar-refractivity contribution in [2.24, 2.45) is 0 Å². The second-order valence-electron chi connectivity index (χ2n) is 5.35. The smallest absolute Gasteiger partial charge is 0.0680 e. The quantitative estimate of drug-likeness (QED) is 0.814. The monoisotopic (exact) mass is 271 g/mol. The van der Waals surface area contributed by atoms with E-state index in [1.54, 1.807) is 0 Å². The van der Waals surface area contributed by atoms with E-state index in [2.05, 4.69) is 61.0 Å². The fourth-order valence-corrected chi connectivity index (χ4v) is 2.49. The lowest BCUT2D eigenvalue weighted by atomic mass is 10.1. The summed E-state index contributed by atoms with van der Waals surface area (Å²) in [5.74, 6) is 0. The van der Waals surface area contributed by atoms with Crippen molar-refractivity contribution in [3.05, 3.63) is 46.8 Å². The van der Waals surface area contributed by atoms with Gasteiger partial charge in [0, 0.05) is 17.8 Å². The molecule has 108 valence electrons. The molecule has 1 N–H and O–H groups in total. The second kappa shape index (κ2) is 6.71. The summed E-state index contributed by atoms with van der Waals surface area (Å²) in [5.41, 5.74) is 6.35. The summed E-state index contributed by atoms with van der Waals surface area (Å²) in [7, 11) is 0. The third-order valence-corrected chi connectivity index (χ3v) is 3.63. The lowest BCUT2D eigenvalue weighted by Gasteiger charge is -2.12. The average Bonchev–Trinajstić information content (AvgIpc) is 2.84. The maximum absolute atomic E-state index is 4.61. The Morgan fingerprint density at radius 3 is 2.70 bits per heavy atom. The van der Waals surface area contributed by atoms with E-state index in [9.17, 15) is 0 Å². The van der Waals surface area contributed by atoms with Crippen LogP contribution < -0.4 is 5.32 Å². The minimum atomic E-state index is 0.905. The van der Waals surface area contributed by atoms with Crippen LogP contribution in [0.3, 0.4) is 0 Å². The molecule has 1 aromatic carbocycles. The lowest BCUT2D eigenvalue weighted by Crippen LogP contribution is -2.15. The van der Waals surface area contributed by atoms with Gasteiger partial charge in [0.25, 0.3) is 0 Å². The molecule has 0 aliphatic carbocycles. The minimum absolute atomic E-state index is 0.905. The predicted molar refractivity (Wildman–Crippen MR) is 84.4 cm³/mol. The van der Waals surface area contributed by atoms with Gasteiger partial charge in [-0.15, -0.1) is 0 Å². The highest BCUT2D eigenvalue weighted by atomic mass is 15.3. The van der Waals surface area contributed by atoms with E-state index in [4.69, 9.17) is 0 Å². The van der Waals surface area contributed by atoms with Gasteiger partial charge in [-0.05, 0) is 50.4 Å². The van der Waals surface area contributed by atoms with Gasteiger partial charge in [-0.3, -0.25) is 0 Å². The molecule has 0 fully saturated rings. The van der Waals surface area contributed by atoms with Crippen LogP contribution in [0.1, 0.15) is 42.7 Å². The number of rotatable bonds is 6. The van der Waals surface area contributed by atoms with Crippen LogP contribution in [0.15, 0.2) is 24.4 Å². The van der Waals surface area contributed by atoms with E-state index >= 15 is 0 Å². The number of nitrogens with one attached hydrogen (secondary N) is 1. The van der Waals surface area contributed by atoms with Crippen LogP contribution in [0.4, 0.5) is 0 Å². The molecule has 0 saturated heterocycles.